The van der Waals surface area contributed by atoms with Gasteiger partial charge in [-0.1, -0.05) is 15.9 Å². The van der Waals surface area contributed by atoms with E-state index < -0.39 is 12.1 Å². The molecule has 126 valence electrons. The number of methoxy groups -OCH3 is 1. The zero-order valence-corrected chi connectivity index (χ0v) is 14.7. The molecule has 1 aromatic carbocycles. The quantitative estimate of drug-likeness (QED) is 0.407. The minimum atomic E-state index is -0.488. The van der Waals surface area contributed by atoms with Gasteiger partial charge in [0.15, 0.2) is 23.9 Å². The van der Waals surface area contributed by atoms with Gasteiger partial charge >= 0.3 is 5.97 Å². The average molecular weight is 387 g/mol. The standard InChI is InChI=1S/C16H19BrO6/c1-10-15(19)11-4-5-13(20-2)16(12(11)8-22-10)23-9-14(18)21-7-3-6-17/h4-5,10H,3,6-9H2,1-2H3. The van der Waals surface area contributed by atoms with Crippen molar-refractivity contribution in [1.29, 1.82) is 0 Å². The number of ketones is 1. The smallest absolute Gasteiger partial charge is 0.344 e. The van der Waals surface area contributed by atoms with Crippen LogP contribution in [0.5, 0.6) is 11.5 Å². The van der Waals surface area contributed by atoms with Gasteiger partial charge in [-0.05, 0) is 25.5 Å². The molecule has 0 radical (unpaired) electrons. The maximum absolute atomic E-state index is 12.2. The molecule has 23 heavy (non-hydrogen) atoms. The molecule has 0 amide bonds. The van der Waals surface area contributed by atoms with Crippen molar-refractivity contribution in [2.75, 3.05) is 25.7 Å². The predicted octanol–water partition coefficient (Wildman–Crippen LogP) is 2.50. The van der Waals surface area contributed by atoms with E-state index in [1.54, 1.807) is 19.1 Å². The molecular formula is C16H19BrO6. The van der Waals surface area contributed by atoms with Crippen molar-refractivity contribution in [3.8, 4) is 11.5 Å². The van der Waals surface area contributed by atoms with Crippen LogP contribution in [0, 0.1) is 0 Å². The Morgan fingerprint density at radius 1 is 1.43 bits per heavy atom. The summed E-state index contributed by atoms with van der Waals surface area (Å²) in [6.07, 6.45) is 0.244. The van der Waals surface area contributed by atoms with Crippen LogP contribution in [0.1, 0.15) is 29.3 Å². The highest BCUT2D eigenvalue weighted by Gasteiger charge is 2.29. The third-order valence-corrected chi connectivity index (χ3v) is 3.99. The number of rotatable bonds is 7. The lowest BCUT2D eigenvalue weighted by molar-refractivity contribution is -0.146. The number of halogens is 1. The number of ether oxygens (including phenoxy) is 4. The van der Waals surface area contributed by atoms with E-state index in [2.05, 4.69) is 15.9 Å². The summed E-state index contributed by atoms with van der Waals surface area (Å²) in [5.41, 5.74) is 1.13. The minimum absolute atomic E-state index is 0.112. The van der Waals surface area contributed by atoms with Crippen LogP contribution >= 0.6 is 15.9 Å². The van der Waals surface area contributed by atoms with Crippen LogP contribution in [0.25, 0.3) is 0 Å². The maximum Gasteiger partial charge on any atom is 0.344 e. The second-order valence-electron chi connectivity index (χ2n) is 4.99. The van der Waals surface area contributed by atoms with Crippen molar-refractivity contribution < 1.29 is 28.5 Å². The molecule has 1 heterocycles. The maximum atomic E-state index is 12.2. The van der Waals surface area contributed by atoms with Crippen LogP contribution in [-0.4, -0.2) is 43.5 Å². The van der Waals surface area contributed by atoms with E-state index in [0.29, 0.717) is 29.2 Å². The lowest BCUT2D eigenvalue weighted by Gasteiger charge is -2.24. The number of hydrogen-bond acceptors (Lipinski definition) is 6. The van der Waals surface area contributed by atoms with Gasteiger partial charge in [-0.25, -0.2) is 4.79 Å². The van der Waals surface area contributed by atoms with Gasteiger partial charge in [-0.15, -0.1) is 0 Å². The molecule has 1 aliphatic heterocycles. The summed E-state index contributed by atoms with van der Waals surface area (Å²) in [4.78, 5) is 23.8. The predicted molar refractivity (Wildman–Crippen MR) is 86.4 cm³/mol. The number of esters is 1. The van der Waals surface area contributed by atoms with Gasteiger partial charge in [0.2, 0.25) is 0 Å². The van der Waals surface area contributed by atoms with Crippen LogP contribution in [-0.2, 0) is 20.9 Å². The fraction of sp³-hybridized carbons (Fsp3) is 0.500. The summed E-state index contributed by atoms with van der Waals surface area (Å²) in [6.45, 7) is 2.01. The highest BCUT2D eigenvalue weighted by atomic mass is 79.9. The van der Waals surface area contributed by atoms with Crippen molar-refractivity contribution in [2.24, 2.45) is 0 Å². The van der Waals surface area contributed by atoms with Gasteiger partial charge in [0.25, 0.3) is 0 Å². The van der Waals surface area contributed by atoms with Crippen molar-refractivity contribution in [1.82, 2.24) is 0 Å². The number of hydrogen-bond donors (Lipinski definition) is 0. The van der Waals surface area contributed by atoms with Crippen molar-refractivity contribution >= 4 is 27.7 Å². The summed E-state index contributed by atoms with van der Waals surface area (Å²) < 4.78 is 21.3. The topological polar surface area (TPSA) is 71.1 Å². The molecule has 0 bridgehead atoms. The van der Waals surface area contributed by atoms with E-state index >= 15 is 0 Å². The zero-order valence-electron chi connectivity index (χ0n) is 13.1. The van der Waals surface area contributed by atoms with Crippen LogP contribution in [0.2, 0.25) is 0 Å². The molecule has 0 aliphatic carbocycles. The van der Waals surface area contributed by atoms with Crippen LogP contribution in [0.3, 0.4) is 0 Å². The van der Waals surface area contributed by atoms with Crippen molar-refractivity contribution in [3.63, 3.8) is 0 Å². The monoisotopic (exact) mass is 386 g/mol. The highest BCUT2D eigenvalue weighted by molar-refractivity contribution is 9.09. The molecule has 0 saturated carbocycles. The largest absolute Gasteiger partial charge is 0.493 e. The summed E-state index contributed by atoms with van der Waals surface area (Å²) in [6, 6.07) is 3.34. The Morgan fingerprint density at radius 2 is 2.22 bits per heavy atom. The molecule has 0 aromatic heterocycles. The van der Waals surface area contributed by atoms with Gasteiger partial charge in [-0.3, -0.25) is 4.79 Å². The van der Waals surface area contributed by atoms with Gasteiger partial charge < -0.3 is 18.9 Å². The molecule has 6 nitrogen and oxygen atoms in total. The van der Waals surface area contributed by atoms with E-state index in [1.165, 1.54) is 7.11 Å². The summed E-state index contributed by atoms with van der Waals surface area (Å²) in [7, 11) is 1.50. The number of carbonyl (C=O) groups is 2. The van der Waals surface area contributed by atoms with Crippen LogP contribution in [0.4, 0.5) is 0 Å². The number of benzene rings is 1. The molecule has 0 spiro atoms. The van der Waals surface area contributed by atoms with Gasteiger partial charge in [0.1, 0.15) is 6.10 Å². The normalized spacial score (nSPS) is 16.7. The van der Waals surface area contributed by atoms with E-state index in [0.717, 1.165) is 11.8 Å². The molecule has 1 aromatic rings. The Balaban J connectivity index is 2.14. The first-order valence-corrected chi connectivity index (χ1v) is 8.40. The molecule has 1 aliphatic rings. The summed E-state index contributed by atoms with van der Waals surface area (Å²) in [5.74, 6) is 0.214. The average Bonchev–Trinajstić information content (AvgIpc) is 2.56. The Bertz CT molecular complexity index is 586. The number of fused-ring (bicyclic) bond motifs is 1. The molecule has 1 atom stereocenters. The van der Waals surface area contributed by atoms with E-state index in [4.69, 9.17) is 18.9 Å². The van der Waals surface area contributed by atoms with Gasteiger partial charge in [0, 0.05) is 16.5 Å². The Morgan fingerprint density at radius 3 is 2.91 bits per heavy atom. The lowest BCUT2D eigenvalue weighted by Crippen LogP contribution is -2.28. The molecule has 0 fully saturated rings. The van der Waals surface area contributed by atoms with Crippen molar-refractivity contribution in [2.45, 2.75) is 26.1 Å². The molecule has 1 unspecified atom stereocenters. The fourth-order valence-corrected chi connectivity index (χ4v) is 2.44. The first kappa shape index (κ1) is 17.7. The SMILES string of the molecule is COc1ccc2c(c1OCC(=O)OCCCBr)COC(C)C2=O. The summed E-state index contributed by atoms with van der Waals surface area (Å²) in [5, 5.41) is 0.763. The zero-order chi connectivity index (χ0) is 16.8. The second-order valence-corrected chi connectivity index (χ2v) is 5.79. The molecule has 7 heteroatoms. The first-order valence-electron chi connectivity index (χ1n) is 7.28. The van der Waals surface area contributed by atoms with Gasteiger partial charge in [-0.2, -0.15) is 0 Å². The van der Waals surface area contributed by atoms with E-state index in [1.807, 2.05) is 0 Å². The molecule has 2 rings (SSSR count). The number of Topliss-reactive ketones (excluding diaryl/α,β-unsaturated/α-hetero) is 1. The van der Waals surface area contributed by atoms with E-state index in [-0.39, 0.29) is 19.0 Å². The third-order valence-electron chi connectivity index (χ3n) is 3.43. The van der Waals surface area contributed by atoms with Crippen molar-refractivity contribution in [3.05, 3.63) is 23.3 Å². The molecular weight excluding hydrogens is 368 g/mol. The first-order chi connectivity index (χ1) is 11.1. The van der Waals surface area contributed by atoms with Gasteiger partial charge in [0.05, 0.1) is 20.3 Å². The Labute approximate surface area is 143 Å². The fourth-order valence-electron chi connectivity index (χ4n) is 2.22. The lowest BCUT2D eigenvalue weighted by atomic mass is 9.97. The molecule has 0 N–H and O–H groups in total. The van der Waals surface area contributed by atoms with E-state index in [9.17, 15) is 9.59 Å². The third kappa shape index (κ3) is 4.23. The van der Waals surface area contributed by atoms with Crippen LogP contribution in [0.15, 0.2) is 12.1 Å². The number of carbonyl (C=O) groups excluding carboxylic acids is 2. The Kier molecular flexibility index (Phi) is 6.41. The number of alkyl halides is 1. The molecule has 0 saturated heterocycles. The minimum Gasteiger partial charge on any atom is -0.493 e. The van der Waals surface area contributed by atoms with Crippen LogP contribution < -0.4 is 9.47 Å². The highest BCUT2D eigenvalue weighted by Crippen LogP contribution is 2.37. The summed E-state index contributed by atoms with van der Waals surface area (Å²) >= 11 is 3.26. The Hall–Kier alpha value is -1.60. The second kappa shape index (κ2) is 8.31.